The number of aryl methyl sites for hydroxylation is 1. The van der Waals surface area contributed by atoms with Gasteiger partial charge in [0, 0.05) is 19.4 Å². The number of para-hydroxylation sites is 1. The van der Waals surface area contributed by atoms with Crippen LogP contribution in [0.3, 0.4) is 0 Å². The molecule has 2 heterocycles. The number of nitrogens with zero attached hydrogens (tertiary/aromatic N) is 3. The first kappa shape index (κ1) is 15.3. The summed E-state index contributed by atoms with van der Waals surface area (Å²) < 4.78 is 10.9. The predicted octanol–water partition coefficient (Wildman–Crippen LogP) is 3.32. The zero-order valence-electron chi connectivity index (χ0n) is 12.7. The second-order valence-corrected chi connectivity index (χ2v) is 6.12. The Bertz CT molecular complexity index is 617. The summed E-state index contributed by atoms with van der Waals surface area (Å²) in [7, 11) is 0. The maximum absolute atomic E-state index is 6.12. The first-order chi connectivity index (χ1) is 10.7. The van der Waals surface area contributed by atoms with E-state index >= 15 is 0 Å². The minimum Gasteiger partial charge on any atom is -0.492 e. The Labute approximate surface area is 135 Å². The Morgan fingerprint density at radius 2 is 2.27 bits per heavy atom. The Kier molecular flexibility index (Phi) is 4.95. The zero-order valence-corrected chi connectivity index (χ0v) is 13.4. The van der Waals surface area contributed by atoms with Gasteiger partial charge in [0.2, 0.25) is 5.89 Å². The van der Waals surface area contributed by atoms with E-state index in [2.05, 4.69) is 15.0 Å². The molecule has 118 valence electrons. The molecule has 1 aromatic carbocycles. The van der Waals surface area contributed by atoms with E-state index < -0.39 is 0 Å². The summed E-state index contributed by atoms with van der Waals surface area (Å²) in [6.07, 6.45) is 2.33. The van der Waals surface area contributed by atoms with Gasteiger partial charge < -0.3 is 9.26 Å². The monoisotopic (exact) mass is 321 g/mol. The largest absolute Gasteiger partial charge is 0.492 e. The summed E-state index contributed by atoms with van der Waals surface area (Å²) in [5, 5.41) is 4.63. The quantitative estimate of drug-likeness (QED) is 0.845. The lowest BCUT2D eigenvalue weighted by molar-refractivity contribution is 0.122. The van der Waals surface area contributed by atoms with E-state index in [0.717, 1.165) is 37.6 Å². The number of piperidine rings is 1. The zero-order chi connectivity index (χ0) is 15.4. The number of hydrogen-bond acceptors (Lipinski definition) is 5. The number of aromatic nitrogens is 2. The molecule has 0 bridgehead atoms. The maximum Gasteiger partial charge on any atom is 0.223 e. The van der Waals surface area contributed by atoms with E-state index in [9.17, 15) is 0 Å². The molecule has 22 heavy (non-hydrogen) atoms. The van der Waals surface area contributed by atoms with Gasteiger partial charge in [-0.3, -0.25) is 4.90 Å². The molecule has 0 radical (unpaired) electrons. The lowest BCUT2D eigenvalue weighted by Gasteiger charge is -2.31. The number of likely N-dealkylation sites (tertiary alicyclic amines) is 1. The molecule has 0 spiro atoms. The molecule has 1 aliphatic heterocycles. The van der Waals surface area contributed by atoms with Crippen LogP contribution in [-0.4, -0.2) is 34.7 Å². The fourth-order valence-electron chi connectivity index (χ4n) is 2.81. The van der Waals surface area contributed by atoms with Gasteiger partial charge in [0.05, 0.1) is 18.2 Å². The summed E-state index contributed by atoms with van der Waals surface area (Å²) in [4.78, 5) is 6.62. The van der Waals surface area contributed by atoms with Crippen molar-refractivity contribution in [1.82, 2.24) is 15.0 Å². The van der Waals surface area contributed by atoms with Crippen molar-refractivity contribution in [3.05, 3.63) is 41.0 Å². The molecule has 1 aromatic heterocycles. The molecule has 0 aliphatic carbocycles. The average molecular weight is 322 g/mol. The Morgan fingerprint density at radius 3 is 3.05 bits per heavy atom. The molecule has 1 aliphatic rings. The molecule has 5 nitrogen and oxygen atoms in total. The van der Waals surface area contributed by atoms with Gasteiger partial charge in [0.15, 0.2) is 5.82 Å². The molecule has 1 saturated heterocycles. The number of benzene rings is 1. The molecule has 6 heteroatoms. The van der Waals surface area contributed by atoms with Gasteiger partial charge in [-0.05, 0) is 31.5 Å². The summed E-state index contributed by atoms with van der Waals surface area (Å²) in [5.41, 5.74) is 0. The third-order valence-corrected chi connectivity index (χ3v) is 4.16. The maximum atomic E-state index is 6.12. The Morgan fingerprint density at radius 1 is 1.41 bits per heavy atom. The highest BCUT2D eigenvalue weighted by atomic mass is 35.5. The average Bonchev–Trinajstić information content (AvgIpc) is 2.92. The van der Waals surface area contributed by atoms with Gasteiger partial charge >= 0.3 is 0 Å². The first-order valence-electron chi connectivity index (χ1n) is 7.59. The van der Waals surface area contributed by atoms with Gasteiger partial charge in [-0.1, -0.05) is 28.9 Å². The van der Waals surface area contributed by atoms with Gasteiger partial charge in [0.25, 0.3) is 0 Å². The second kappa shape index (κ2) is 7.11. The normalized spacial score (nSPS) is 19.3. The van der Waals surface area contributed by atoms with E-state index in [1.807, 2.05) is 31.2 Å². The van der Waals surface area contributed by atoms with Crippen molar-refractivity contribution < 1.29 is 9.26 Å². The van der Waals surface area contributed by atoms with Crippen molar-refractivity contribution in [2.75, 3.05) is 19.7 Å². The third-order valence-electron chi connectivity index (χ3n) is 3.85. The van der Waals surface area contributed by atoms with Gasteiger partial charge in [-0.2, -0.15) is 4.98 Å². The van der Waals surface area contributed by atoms with Crippen molar-refractivity contribution in [2.45, 2.75) is 26.3 Å². The molecule has 2 aromatic rings. The number of halogens is 1. The molecule has 0 N–H and O–H groups in total. The Hall–Kier alpha value is -1.59. The van der Waals surface area contributed by atoms with Crippen molar-refractivity contribution in [3.8, 4) is 5.75 Å². The lowest BCUT2D eigenvalue weighted by atomic mass is 9.99. The van der Waals surface area contributed by atoms with Crippen LogP contribution in [0.15, 0.2) is 28.8 Å². The van der Waals surface area contributed by atoms with Crippen molar-refractivity contribution in [2.24, 2.45) is 5.92 Å². The van der Waals surface area contributed by atoms with E-state index in [0.29, 0.717) is 23.4 Å². The summed E-state index contributed by atoms with van der Waals surface area (Å²) in [6, 6.07) is 7.60. The summed E-state index contributed by atoms with van der Waals surface area (Å²) >= 11 is 6.12. The van der Waals surface area contributed by atoms with Gasteiger partial charge in [-0.25, -0.2) is 0 Å². The second-order valence-electron chi connectivity index (χ2n) is 5.71. The van der Waals surface area contributed by atoms with Crippen molar-refractivity contribution in [3.63, 3.8) is 0 Å². The topological polar surface area (TPSA) is 51.4 Å². The molecule has 0 unspecified atom stereocenters. The predicted molar refractivity (Wildman–Crippen MR) is 84.0 cm³/mol. The summed E-state index contributed by atoms with van der Waals surface area (Å²) in [6.45, 7) is 5.28. The highest BCUT2D eigenvalue weighted by molar-refractivity contribution is 6.32. The standard InChI is InChI=1S/C16H20ClN3O2/c1-12-18-16(19-22-12)10-20-8-4-5-13(9-20)11-21-15-7-3-2-6-14(15)17/h2-3,6-7,13H,4-5,8-11H2,1H3/t13-/m1/s1. The Balaban J connectivity index is 1.51. The van der Waals surface area contributed by atoms with E-state index in [1.54, 1.807) is 0 Å². The first-order valence-corrected chi connectivity index (χ1v) is 7.97. The molecule has 1 fully saturated rings. The van der Waals surface area contributed by atoms with E-state index in [-0.39, 0.29) is 0 Å². The van der Waals surface area contributed by atoms with Crippen LogP contribution in [-0.2, 0) is 6.54 Å². The number of hydrogen-bond donors (Lipinski definition) is 0. The summed E-state index contributed by atoms with van der Waals surface area (Å²) in [5.74, 6) is 2.63. The molecular formula is C16H20ClN3O2. The number of ether oxygens (including phenoxy) is 1. The highest BCUT2D eigenvalue weighted by Crippen LogP contribution is 2.25. The lowest BCUT2D eigenvalue weighted by Crippen LogP contribution is -2.37. The van der Waals surface area contributed by atoms with Crippen molar-refractivity contribution >= 4 is 11.6 Å². The van der Waals surface area contributed by atoms with Crippen LogP contribution in [0.2, 0.25) is 5.02 Å². The van der Waals surface area contributed by atoms with Crippen LogP contribution in [0.1, 0.15) is 24.6 Å². The smallest absolute Gasteiger partial charge is 0.223 e. The van der Waals surface area contributed by atoms with E-state index in [4.69, 9.17) is 20.9 Å². The van der Waals surface area contributed by atoms with E-state index in [1.165, 1.54) is 6.42 Å². The van der Waals surface area contributed by atoms with Crippen LogP contribution < -0.4 is 4.74 Å². The minimum atomic E-state index is 0.498. The SMILES string of the molecule is Cc1nc(CN2CCC[C@@H](COc3ccccc3Cl)C2)no1. The van der Waals surface area contributed by atoms with Crippen LogP contribution >= 0.6 is 11.6 Å². The molecule has 0 saturated carbocycles. The van der Waals surface area contributed by atoms with Crippen LogP contribution in [0.4, 0.5) is 0 Å². The van der Waals surface area contributed by atoms with Crippen LogP contribution in [0.25, 0.3) is 0 Å². The molecular weight excluding hydrogens is 302 g/mol. The van der Waals surface area contributed by atoms with Crippen LogP contribution in [0.5, 0.6) is 5.75 Å². The fraction of sp³-hybridized carbons (Fsp3) is 0.500. The van der Waals surface area contributed by atoms with Gasteiger partial charge in [-0.15, -0.1) is 0 Å². The minimum absolute atomic E-state index is 0.498. The molecule has 3 rings (SSSR count). The fourth-order valence-corrected chi connectivity index (χ4v) is 3.00. The van der Waals surface area contributed by atoms with Gasteiger partial charge in [0.1, 0.15) is 5.75 Å². The molecule has 0 amide bonds. The number of rotatable bonds is 5. The third kappa shape index (κ3) is 3.99. The molecule has 1 atom stereocenters. The highest BCUT2D eigenvalue weighted by Gasteiger charge is 2.22. The van der Waals surface area contributed by atoms with Crippen molar-refractivity contribution in [1.29, 1.82) is 0 Å². The van der Waals surface area contributed by atoms with Crippen LogP contribution in [0, 0.1) is 12.8 Å².